The average Bonchev–Trinajstić information content (AvgIpc) is 3.31. The summed E-state index contributed by atoms with van der Waals surface area (Å²) in [5.74, 6) is 0. The molecule has 0 amide bonds. The van der Waals surface area contributed by atoms with Crippen LogP contribution in [0.5, 0.6) is 0 Å². The first-order valence-corrected chi connectivity index (χ1v) is 6.86. The molecule has 19 heavy (non-hydrogen) atoms. The van der Waals surface area contributed by atoms with Crippen LogP contribution in [-0.2, 0) is 19.1 Å². The van der Waals surface area contributed by atoms with Crippen LogP contribution in [0.25, 0.3) is 0 Å². The van der Waals surface area contributed by atoms with Crippen LogP contribution in [0.4, 0.5) is 0 Å². The Morgan fingerprint density at radius 3 is 1.37 bits per heavy atom. The summed E-state index contributed by atoms with van der Waals surface area (Å²) in [6.07, 6.45) is 8.15. The van der Waals surface area contributed by atoms with Crippen molar-refractivity contribution in [3.63, 3.8) is 0 Å². The van der Waals surface area contributed by atoms with Crippen LogP contribution in [0, 0.1) is 0 Å². The molecule has 0 saturated carbocycles. The Balaban J connectivity index is 0.000000324. The minimum Gasteiger partial charge on any atom is -0.412 e. The van der Waals surface area contributed by atoms with Gasteiger partial charge in [-0.05, 0) is 12.8 Å². The van der Waals surface area contributed by atoms with E-state index in [1.165, 1.54) is 0 Å². The van der Waals surface area contributed by atoms with E-state index in [0.29, 0.717) is 13.2 Å². The molecule has 5 nitrogen and oxygen atoms in total. The number of carbonyl (C=O) groups is 2. The number of ether oxygens (including phenoxy) is 2. The van der Waals surface area contributed by atoms with Crippen molar-refractivity contribution in [2.24, 2.45) is 0 Å². The van der Waals surface area contributed by atoms with Gasteiger partial charge in [0.05, 0.1) is 13.2 Å². The molecule has 2 fully saturated rings. The standard InChI is InChI=1S/2C7H12O2.H2O/c2*1-2-3-4-7(5-8)6-9-7;/h2*5H,2-4,6H2,1H3;1H2. The zero-order valence-corrected chi connectivity index (χ0v) is 11.9. The average molecular weight is 274 g/mol. The second kappa shape index (κ2) is 8.40. The fourth-order valence-corrected chi connectivity index (χ4v) is 1.68. The van der Waals surface area contributed by atoms with Crippen molar-refractivity contribution in [1.82, 2.24) is 0 Å². The first-order valence-electron chi connectivity index (χ1n) is 6.86. The Morgan fingerprint density at radius 2 is 1.21 bits per heavy atom. The molecule has 2 rings (SSSR count). The van der Waals surface area contributed by atoms with Crippen LogP contribution in [0.2, 0.25) is 0 Å². The number of hydrogen-bond acceptors (Lipinski definition) is 4. The molecule has 0 radical (unpaired) electrons. The lowest BCUT2D eigenvalue weighted by Crippen LogP contribution is -2.11. The van der Waals surface area contributed by atoms with Crippen molar-refractivity contribution in [1.29, 1.82) is 0 Å². The quantitative estimate of drug-likeness (QED) is 0.495. The topological polar surface area (TPSA) is 90.7 Å². The first kappa shape index (κ1) is 18.2. The highest BCUT2D eigenvalue weighted by molar-refractivity contribution is 5.66. The number of carbonyl (C=O) groups excluding carboxylic acids is 2. The normalized spacial score (nSPS) is 30.4. The highest BCUT2D eigenvalue weighted by atomic mass is 16.6. The molecule has 0 spiro atoms. The zero-order chi connectivity index (χ0) is 13.5. The third kappa shape index (κ3) is 6.27. The van der Waals surface area contributed by atoms with E-state index in [0.717, 1.165) is 51.1 Å². The Kier molecular flexibility index (Phi) is 8.06. The van der Waals surface area contributed by atoms with Gasteiger partial charge < -0.3 is 24.5 Å². The largest absolute Gasteiger partial charge is 0.412 e. The van der Waals surface area contributed by atoms with E-state index < -0.39 is 0 Å². The maximum Gasteiger partial charge on any atom is 0.154 e. The molecule has 5 heteroatoms. The molecule has 0 aromatic heterocycles. The molecular formula is C14H26O5. The highest BCUT2D eigenvalue weighted by Crippen LogP contribution is 2.30. The van der Waals surface area contributed by atoms with Gasteiger partial charge in [0, 0.05) is 0 Å². The Bertz CT molecular complexity index is 241. The molecular weight excluding hydrogens is 248 g/mol. The van der Waals surface area contributed by atoms with E-state index in [9.17, 15) is 9.59 Å². The molecule has 2 unspecified atom stereocenters. The van der Waals surface area contributed by atoms with E-state index in [1.54, 1.807) is 0 Å². The predicted molar refractivity (Wildman–Crippen MR) is 72.2 cm³/mol. The maximum atomic E-state index is 10.3. The summed E-state index contributed by atoms with van der Waals surface area (Å²) in [7, 11) is 0. The van der Waals surface area contributed by atoms with Gasteiger partial charge >= 0.3 is 0 Å². The molecule has 2 aliphatic heterocycles. The van der Waals surface area contributed by atoms with Gasteiger partial charge in [0.2, 0.25) is 0 Å². The Morgan fingerprint density at radius 1 is 0.895 bits per heavy atom. The lowest BCUT2D eigenvalue weighted by Gasteiger charge is -1.98. The smallest absolute Gasteiger partial charge is 0.154 e. The molecule has 0 aromatic rings. The van der Waals surface area contributed by atoms with Crippen LogP contribution < -0.4 is 0 Å². The maximum absolute atomic E-state index is 10.3. The van der Waals surface area contributed by atoms with Gasteiger partial charge in [-0.25, -0.2) is 0 Å². The van der Waals surface area contributed by atoms with Crippen LogP contribution in [0.15, 0.2) is 0 Å². The van der Waals surface area contributed by atoms with Crippen molar-refractivity contribution < 1.29 is 24.5 Å². The Labute approximate surface area is 115 Å². The summed E-state index contributed by atoms with van der Waals surface area (Å²) >= 11 is 0. The lowest BCUT2D eigenvalue weighted by atomic mass is 10.1. The van der Waals surface area contributed by atoms with Crippen molar-refractivity contribution in [3.8, 4) is 0 Å². The summed E-state index contributed by atoms with van der Waals surface area (Å²) in [5, 5.41) is 0. The molecule has 0 bridgehead atoms. The molecule has 0 aliphatic carbocycles. The molecule has 2 aliphatic rings. The van der Waals surface area contributed by atoms with Crippen molar-refractivity contribution >= 4 is 12.6 Å². The summed E-state index contributed by atoms with van der Waals surface area (Å²) in [5.41, 5.74) is -0.675. The van der Waals surface area contributed by atoms with Gasteiger partial charge in [0.15, 0.2) is 12.6 Å². The summed E-state index contributed by atoms with van der Waals surface area (Å²) < 4.78 is 9.96. The summed E-state index contributed by atoms with van der Waals surface area (Å²) in [6, 6.07) is 0. The lowest BCUT2D eigenvalue weighted by molar-refractivity contribution is -0.113. The highest BCUT2D eigenvalue weighted by Gasteiger charge is 2.44. The number of rotatable bonds is 8. The van der Waals surface area contributed by atoms with E-state index in [2.05, 4.69) is 13.8 Å². The van der Waals surface area contributed by atoms with E-state index in [1.807, 2.05) is 0 Å². The fraction of sp³-hybridized carbons (Fsp3) is 0.857. The summed E-state index contributed by atoms with van der Waals surface area (Å²) in [6.45, 7) is 5.52. The second-order valence-corrected chi connectivity index (χ2v) is 5.15. The van der Waals surface area contributed by atoms with E-state index in [-0.39, 0.29) is 16.7 Å². The van der Waals surface area contributed by atoms with Crippen LogP contribution in [0.1, 0.15) is 52.4 Å². The monoisotopic (exact) mass is 274 g/mol. The van der Waals surface area contributed by atoms with Crippen molar-refractivity contribution in [3.05, 3.63) is 0 Å². The van der Waals surface area contributed by atoms with Crippen molar-refractivity contribution in [2.45, 2.75) is 63.6 Å². The molecule has 0 aromatic carbocycles. The predicted octanol–water partition coefficient (Wildman–Crippen LogP) is 1.46. The molecule has 2 N–H and O–H groups in total. The van der Waals surface area contributed by atoms with Crippen LogP contribution in [0.3, 0.4) is 0 Å². The third-order valence-corrected chi connectivity index (χ3v) is 3.37. The van der Waals surface area contributed by atoms with Gasteiger partial charge in [0.1, 0.15) is 11.2 Å². The van der Waals surface area contributed by atoms with Gasteiger partial charge in [-0.3, -0.25) is 0 Å². The minimum absolute atomic E-state index is 0. The van der Waals surface area contributed by atoms with E-state index in [4.69, 9.17) is 9.47 Å². The number of aldehydes is 2. The Hall–Kier alpha value is -0.780. The van der Waals surface area contributed by atoms with Gasteiger partial charge in [-0.2, -0.15) is 0 Å². The molecule has 2 heterocycles. The van der Waals surface area contributed by atoms with Crippen LogP contribution >= 0.6 is 0 Å². The van der Waals surface area contributed by atoms with Gasteiger partial charge in [-0.15, -0.1) is 0 Å². The van der Waals surface area contributed by atoms with Crippen LogP contribution in [-0.4, -0.2) is 42.5 Å². The molecule has 2 atom stereocenters. The van der Waals surface area contributed by atoms with Crippen molar-refractivity contribution in [2.75, 3.05) is 13.2 Å². The zero-order valence-electron chi connectivity index (χ0n) is 11.9. The number of epoxide rings is 2. The minimum atomic E-state index is -0.337. The number of hydrogen-bond donors (Lipinski definition) is 0. The van der Waals surface area contributed by atoms with Gasteiger partial charge in [-0.1, -0.05) is 39.5 Å². The number of unbranched alkanes of at least 4 members (excludes halogenated alkanes) is 2. The summed E-state index contributed by atoms with van der Waals surface area (Å²) in [4.78, 5) is 20.5. The first-order chi connectivity index (χ1) is 8.66. The SMILES string of the molecule is CCCCC1(C=O)CO1.CCCCC1(C=O)CO1.O. The second-order valence-electron chi connectivity index (χ2n) is 5.15. The third-order valence-electron chi connectivity index (χ3n) is 3.37. The van der Waals surface area contributed by atoms with Gasteiger partial charge in [0.25, 0.3) is 0 Å². The fourth-order valence-electron chi connectivity index (χ4n) is 1.68. The molecule has 2 saturated heterocycles. The van der Waals surface area contributed by atoms with E-state index >= 15 is 0 Å². The molecule has 112 valence electrons.